The molecular weight excluding hydrogens is 484 g/mol. The number of rotatable bonds is 8. The van der Waals surface area contributed by atoms with E-state index in [1.54, 1.807) is 37.4 Å². The first kappa shape index (κ1) is 24.7. The van der Waals surface area contributed by atoms with Crippen LogP contribution in [0.25, 0.3) is 21.9 Å². The Balaban J connectivity index is 1.32. The minimum Gasteiger partial charge on any atom is -0.445 e. The molecule has 2 aromatic heterocycles. The van der Waals surface area contributed by atoms with Crippen LogP contribution in [0.5, 0.6) is 0 Å². The van der Waals surface area contributed by atoms with Gasteiger partial charge in [0.15, 0.2) is 0 Å². The normalized spacial score (nSPS) is 12.7. The summed E-state index contributed by atoms with van der Waals surface area (Å²) in [4.78, 5) is 42.3. The third-order valence-electron chi connectivity index (χ3n) is 6.21. The number of hydrogen-bond acceptors (Lipinski definition) is 6. The van der Waals surface area contributed by atoms with E-state index in [4.69, 9.17) is 4.74 Å². The second kappa shape index (κ2) is 11.0. The average Bonchev–Trinajstić information content (AvgIpc) is 3.56. The largest absolute Gasteiger partial charge is 0.445 e. The lowest BCUT2D eigenvalue weighted by Crippen LogP contribution is -2.52. The van der Waals surface area contributed by atoms with E-state index in [2.05, 4.69) is 25.9 Å². The van der Waals surface area contributed by atoms with Crippen molar-refractivity contribution in [1.29, 1.82) is 0 Å². The summed E-state index contributed by atoms with van der Waals surface area (Å²) < 4.78 is 6.51. The van der Waals surface area contributed by atoms with E-state index in [1.165, 1.54) is 0 Å². The van der Waals surface area contributed by atoms with Crippen LogP contribution in [-0.2, 0) is 22.6 Å². The van der Waals surface area contributed by atoms with Gasteiger partial charge >= 0.3 is 6.09 Å². The topological polar surface area (TPSA) is 131 Å². The lowest BCUT2D eigenvalue weighted by molar-refractivity contribution is -0.123. The van der Waals surface area contributed by atoms with Crippen LogP contribution in [0.15, 0.2) is 85.1 Å². The Labute approximate surface area is 218 Å². The molecule has 0 saturated carbocycles. The highest BCUT2D eigenvalue weighted by molar-refractivity contribution is 5.95. The molecule has 10 heteroatoms. The molecule has 0 aliphatic rings. The maximum atomic E-state index is 13.4. The summed E-state index contributed by atoms with van der Waals surface area (Å²) in [5.41, 5.74) is 3.68. The van der Waals surface area contributed by atoms with Gasteiger partial charge in [-0.3, -0.25) is 9.59 Å². The van der Waals surface area contributed by atoms with Gasteiger partial charge in [-0.25, -0.2) is 4.79 Å². The van der Waals surface area contributed by atoms with Crippen molar-refractivity contribution >= 4 is 39.8 Å². The van der Waals surface area contributed by atoms with Gasteiger partial charge in [-0.1, -0.05) is 65.9 Å². The Morgan fingerprint density at radius 3 is 2.53 bits per heavy atom. The number of hydrogen-bond donors (Lipinski definition) is 3. The lowest BCUT2D eigenvalue weighted by Gasteiger charge is -2.20. The Morgan fingerprint density at radius 1 is 0.947 bits per heavy atom. The van der Waals surface area contributed by atoms with Gasteiger partial charge in [0.05, 0.1) is 5.52 Å². The summed E-state index contributed by atoms with van der Waals surface area (Å²) in [6, 6.07) is 22.0. The monoisotopic (exact) mass is 510 g/mol. The number of aromatic amines is 1. The molecule has 2 atom stereocenters. The smallest absolute Gasteiger partial charge is 0.408 e. The fourth-order valence-electron chi connectivity index (χ4n) is 4.23. The number of carbonyl (C=O) groups is 3. The van der Waals surface area contributed by atoms with Crippen LogP contribution in [0.4, 0.5) is 4.79 Å². The molecule has 2 heterocycles. The summed E-state index contributed by atoms with van der Waals surface area (Å²) in [6.45, 7) is 1.62. The van der Waals surface area contributed by atoms with Gasteiger partial charge in [-0.2, -0.15) is 4.68 Å². The second-order valence-corrected chi connectivity index (χ2v) is 8.88. The summed E-state index contributed by atoms with van der Waals surface area (Å²) in [5, 5.41) is 14.3. The molecule has 0 aliphatic heterocycles. The maximum absolute atomic E-state index is 13.4. The van der Waals surface area contributed by atoms with Gasteiger partial charge in [-0.05, 0) is 36.2 Å². The second-order valence-electron chi connectivity index (χ2n) is 8.88. The molecule has 10 nitrogen and oxygen atoms in total. The minimum absolute atomic E-state index is 0.0579. The van der Waals surface area contributed by atoms with E-state index in [-0.39, 0.29) is 13.0 Å². The van der Waals surface area contributed by atoms with Crippen LogP contribution in [0, 0.1) is 0 Å². The molecule has 192 valence electrons. The number of alkyl carbamates (subject to hydrolysis) is 1. The molecule has 3 aromatic carbocycles. The fourth-order valence-corrected chi connectivity index (χ4v) is 4.23. The van der Waals surface area contributed by atoms with Gasteiger partial charge in [0, 0.05) is 23.5 Å². The zero-order chi connectivity index (χ0) is 26.5. The molecule has 2 amide bonds. The third-order valence-corrected chi connectivity index (χ3v) is 6.21. The number of benzene rings is 3. The molecule has 0 radical (unpaired) electrons. The number of para-hydroxylation sites is 2. The fraction of sp³-hybridized carbons (Fsp3) is 0.179. The predicted molar refractivity (Wildman–Crippen MR) is 141 cm³/mol. The summed E-state index contributed by atoms with van der Waals surface area (Å²) in [6.07, 6.45) is 1.25. The summed E-state index contributed by atoms with van der Waals surface area (Å²) in [7, 11) is 0. The third kappa shape index (κ3) is 5.39. The van der Waals surface area contributed by atoms with Crippen LogP contribution in [0.2, 0.25) is 0 Å². The van der Waals surface area contributed by atoms with Gasteiger partial charge in [-0.15, -0.1) is 5.10 Å². The summed E-state index contributed by atoms with van der Waals surface area (Å²) in [5.74, 6) is -0.984. The van der Waals surface area contributed by atoms with Crippen molar-refractivity contribution in [3.63, 3.8) is 0 Å². The molecular formula is C28H26N6O4. The molecule has 0 bridgehead atoms. The molecule has 0 saturated heterocycles. The summed E-state index contributed by atoms with van der Waals surface area (Å²) >= 11 is 0. The predicted octanol–water partition coefficient (Wildman–Crippen LogP) is 3.60. The number of nitrogens with zero attached hydrogens (tertiary/aromatic N) is 3. The quantitative estimate of drug-likeness (QED) is 0.292. The van der Waals surface area contributed by atoms with Crippen LogP contribution in [0.1, 0.15) is 22.8 Å². The van der Waals surface area contributed by atoms with Gasteiger partial charge in [0.2, 0.25) is 5.91 Å². The van der Waals surface area contributed by atoms with E-state index in [0.717, 1.165) is 26.7 Å². The molecule has 3 N–H and O–H groups in total. The highest BCUT2D eigenvalue weighted by Gasteiger charge is 2.27. The van der Waals surface area contributed by atoms with Crippen LogP contribution < -0.4 is 10.6 Å². The first-order chi connectivity index (χ1) is 18.5. The molecule has 5 aromatic rings. The zero-order valence-corrected chi connectivity index (χ0v) is 20.6. The Hall–Kier alpha value is -4.99. The van der Waals surface area contributed by atoms with Crippen molar-refractivity contribution in [1.82, 2.24) is 30.6 Å². The Morgan fingerprint density at radius 2 is 1.68 bits per heavy atom. The van der Waals surface area contributed by atoms with E-state index in [0.29, 0.717) is 11.0 Å². The van der Waals surface area contributed by atoms with Crippen LogP contribution in [-0.4, -0.2) is 50.0 Å². The number of carbonyl (C=O) groups excluding carboxylic acids is 3. The van der Waals surface area contributed by atoms with Crippen molar-refractivity contribution in [2.24, 2.45) is 0 Å². The number of amides is 2. The molecule has 5 rings (SSSR count). The standard InChI is InChI=1S/C28H26N6O4/c1-18(27(36)34-25-14-8-7-13-23(25)32-33-34)30-26(35)24(15-20-16-29-22-12-6-5-11-21(20)22)31-28(37)38-17-19-9-3-2-4-10-19/h2-14,16,18,24,29H,15,17H2,1H3,(H,30,35)(H,31,37)/t18-,24-/m0/s1. The highest BCUT2D eigenvalue weighted by atomic mass is 16.5. The lowest BCUT2D eigenvalue weighted by atomic mass is 10.0. The maximum Gasteiger partial charge on any atom is 0.408 e. The highest BCUT2D eigenvalue weighted by Crippen LogP contribution is 2.19. The van der Waals surface area contributed by atoms with E-state index >= 15 is 0 Å². The zero-order valence-electron chi connectivity index (χ0n) is 20.6. The minimum atomic E-state index is -1.000. The number of ether oxygens (including phenoxy) is 1. The number of nitrogens with one attached hydrogen (secondary N) is 3. The SMILES string of the molecule is C[C@H](NC(=O)[C@H](Cc1c[nH]c2ccccc12)NC(=O)OCc1ccccc1)C(=O)n1nnc2ccccc21. The molecule has 0 aliphatic carbocycles. The van der Waals surface area contributed by atoms with Crippen molar-refractivity contribution in [3.8, 4) is 0 Å². The van der Waals surface area contributed by atoms with Crippen molar-refractivity contribution in [2.75, 3.05) is 0 Å². The van der Waals surface area contributed by atoms with Gasteiger partial charge in [0.1, 0.15) is 24.2 Å². The molecule has 0 fully saturated rings. The molecule has 0 spiro atoms. The van der Waals surface area contributed by atoms with Crippen LogP contribution >= 0.6 is 0 Å². The van der Waals surface area contributed by atoms with Gasteiger partial charge < -0.3 is 20.4 Å². The van der Waals surface area contributed by atoms with Gasteiger partial charge in [0.25, 0.3) is 5.91 Å². The number of aromatic nitrogens is 4. The first-order valence-electron chi connectivity index (χ1n) is 12.2. The number of fused-ring (bicyclic) bond motifs is 2. The molecule has 0 unspecified atom stereocenters. The van der Waals surface area contributed by atoms with Crippen molar-refractivity contribution in [2.45, 2.75) is 32.0 Å². The average molecular weight is 511 g/mol. The van der Waals surface area contributed by atoms with E-state index in [1.807, 2.05) is 54.6 Å². The first-order valence-corrected chi connectivity index (χ1v) is 12.2. The van der Waals surface area contributed by atoms with E-state index in [9.17, 15) is 14.4 Å². The Kier molecular flexibility index (Phi) is 7.12. The number of H-pyrrole nitrogens is 1. The van der Waals surface area contributed by atoms with Crippen molar-refractivity contribution in [3.05, 3.63) is 96.2 Å². The Bertz CT molecular complexity index is 1590. The van der Waals surface area contributed by atoms with E-state index < -0.39 is 30.0 Å². The van der Waals surface area contributed by atoms with Crippen LogP contribution in [0.3, 0.4) is 0 Å². The van der Waals surface area contributed by atoms with Crippen molar-refractivity contribution < 1.29 is 19.1 Å². The molecule has 38 heavy (non-hydrogen) atoms.